The van der Waals surface area contributed by atoms with Crippen molar-refractivity contribution in [2.24, 2.45) is 34.5 Å². The van der Waals surface area contributed by atoms with Gasteiger partial charge in [0.15, 0.2) is 5.78 Å². The first-order valence-corrected chi connectivity index (χ1v) is 9.17. The van der Waals surface area contributed by atoms with Crippen LogP contribution in [-0.4, -0.2) is 17.9 Å². The summed E-state index contributed by atoms with van der Waals surface area (Å²) in [5.74, 6) is 1.83. The van der Waals surface area contributed by atoms with Crippen molar-refractivity contribution in [2.45, 2.75) is 58.8 Å². The summed E-state index contributed by atoms with van der Waals surface area (Å²) >= 11 is 0. The molecule has 0 spiro atoms. The van der Waals surface area contributed by atoms with Crippen LogP contribution in [0.15, 0.2) is 11.6 Å². The summed E-state index contributed by atoms with van der Waals surface area (Å²) in [7, 11) is 0. The van der Waals surface area contributed by atoms with Crippen LogP contribution in [0.2, 0.25) is 0 Å². The van der Waals surface area contributed by atoms with Gasteiger partial charge in [0, 0.05) is 17.8 Å². The maximum Gasteiger partial charge on any atom is 0.158 e. The number of carbonyl (C=O) groups excluding carboxylic acids is 3. The predicted octanol–water partition coefficient (Wildman–Crippen LogP) is 3.51. The highest BCUT2D eigenvalue weighted by Gasteiger charge is 2.60. The van der Waals surface area contributed by atoms with Crippen molar-refractivity contribution in [3.63, 3.8) is 0 Å². The minimum absolute atomic E-state index is 0.0544. The Balaban J connectivity index is 1.75. The number of Topliss-reactive ketones (excluding diaryl/α,β-unsaturated/α-hetero) is 1. The van der Waals surface area contributed by atoms with Crippen molar-refractivity contribution in [3.05, 3.63) is 11.6 Å². The van der Waals surface area contributed by atoms with Gasteiger partial charge in [-0.25, -0.2) is 0 Å². The van der Waals surface area contributed by atoms with Gasteiger partial charge in [0.1, 0.15) is 12.1 Å². The standard InChI is InChI=1S/C20H26O3/c1-12-10-20(11-21)13(9-17(12)22)3-4-14-15-5-6-18(23)19(15,2)8-7-16(14)20/h9,11-12,14-16H,3-8,10H2,1-2H3/t12-,14+,15+,16+,19+,20-/m1/s1. The SMILES string of the molecule is C[C@@H]1C[C@@]2(C=O)C(=CC1=O)CC[C@@H]1[C@@H]2CC[C@]2(C)C(=O)CC[C@@H]12. The minimum Gasteiger partial charge on any atom is -0.302 e. The van der Waals surface area contributed by atoms with Gasteiger partial charge in [-0.15, -0.1) is 0 Å². The maximum atomic E-state index is 12.4. The third-order valence-electron chi connectivity index (χ3n) is 7.81. The van der Waals surface area contributed by atoms with E-state index >= 15 is 0 Å². The van der Waals surface area contributed by atoms with E-state index in [0.29, 0.717) is 30.0 Å². The lowest BCUT2D eigenvalue weighted by atomic mass is 9.46. The van der Waals surface area contributed by atoms with Gasteiger partial charge in [0.05, 0.1) is 5.41 Å². The molecule has 6 atom stereocenters. The van der Waals surface area contributed by atoms with E-state index in [2.05, 4.69) is 6.92 Å². The molecule has 0 aromatic rings. The average Bonchev–Trinajstić information content (AvgIpc) is 2.84. The molecule has 3 nitrogen and oxygen atoms in total. The summed E-state index contributed by atoms with van der Waals surface area (Å²) < 4.78 is 0. The Hall–Kier alpha value is -1.25. The summed E-state index contributed by atoms with van der Waals surface area (Å²) in [6.07, 6.45) is 9.13. The molecule has 23 heavy (non-hydrogen) atoms. The average molecular weight is 314 g/mol. The van der Waals surface area contributed by atoms with E-state index in [1.165, 1.54) is 0 Å². The molecular weight excluding hydrogens is 288 g/mol. The van der Waals surface area contributed by atoms with Gasteiger partial charge < -0.3 is 4.79 Å². The highest BCUT2D eigenvalue weighted by molar-refractivity contribution is 5.95. The van der Waals surface area contributed by atoms with Gasteiger partial charge in [-0.1, -0.05) is 19.4 Å². The smallest absolute Gasteiger partial charge is 0.158 e. The molecule has 4 rings (SSSR count). The van der Waals surface area contributed by atoms with Crippen LogP contribution in [-0.2, 0) is 14.4 Å². The van der Waals surface area contributed by atoms with Crippen LogP contribution in [0.1, 0.15) is 58.8 Å². The normalized spacial score (nSPS) is 49.0. The summed E-state index contributed by atoms with van der Waals surface area (Å²) in [6.45, 7) is 4.12. The number of fused-ring (bicyclic) bond motifs is 5. The van der Waals surface area contributed by atoms with Crippen LogP contribution >= 0.6 is 0 Å². The van der Waals surface area contributed by atoms with Gasteiger partial charge >= 0.3 is 0 Å². The zero-order chi connectivity index (χ0) is 16.4. The number of allylic oxidation sites excluding steroid dienone is 1. The second-order valence-electron chi connectivity index (χ2n) is 8.67. The monoisotopic (exact) mass is 314 g/mol. The molecule has 4 aliphatic carbocycles. The molecule has 0 aromatic heterocycles. The quantitative estimate of drug-likeness (QED) is 0.696. The predicted molar refractivity (Wildman–Crippen MR) is 86.7 cm³/mol. The first kappa shape index (κ1) is 15.3. The van der Waals surface area contributed by atoms with Crippen molar-refractivity contribution in [1.29, 1.82) is 0 Å². The molecule has 3 heteroatoms. The van der Waals surface area contributed by atoms with Crippen LogP contribution in [0, 0.1) is 34.5 Å². The van der Waals surface area contributed by atoms with Gasteiger partial charge in [-0.05, 0) is 62.4 Å². The van der Waals surface area contributed by atoms with Gasteiger partial charge in [0.2, 0.25) is 0 Å². The second kappa shape index (κ2) is 4.87. The van der Waals surface area contributed by atoms with Gasteiger partial charge in [0.25, 0.3) is 0 Å². The van der Waals surface area contributed by atoms with E-state index < -0.39 is 5.41 Å². The second-order valence-corrected chi connectivity index (χ2v) is 8.67. The van der Waals surface area contributed by atoms with Crippen LogP contribution < -0.4 is 0 Å². The third kappa shape index (κ3) is 1.85. The Kier molecular flexibility index (Phi) is 3.24. The zero-order valence-electron chi connectivity index (χ0n) is 14.1. The molecule has 3 saturated carbocycles. The molecule has 0 aliphatic heterocycles. The van der Waals surface area contributed by atoms with Crippen molar-refractivity contribution in [2.75, 3.05) is 0 Å². The number of carbonyl (C=O) groups is 3. The van der Waals surface area contributed by atoms with Gasteiger partial charge in [-0.3, -0.25) is 9.59 Å². The molecule has 124 valence electrons. The fourth-order valence-corrected chi connectivity index (χ4v) is 6.52. The number of hydrogen-bond donors (Lipinski definition) is 0. The lowest BCUT2D eigenvalue weighted by Crippen LogP contribution is -2.53. The Morgan fingerprint density at radius 2 is 1.91 bits per heavy atom. The van der Waals surface area contributed by atoms with Gasteiger partial charge in [-0.2, -0.15) is 0 Å². The van der Waals surface area contributed by atoms with E-state index in [1.54, 1.807) is 6.08 Å². The Labute approximate surface area is 137 Å². The maximum absolute atomic E-state index is 12.4. The van der Waals surface area contributed by atoms with E-state index in [4.69, 9.17) is 0 Å². The number of aldehydes is 1. The summed E-state index contributed by atoms with van der Waals surface area (Å²) in [6, 6.07) is 0. The topological polar surface area (TPSA) is 51.2 Å². The van der Waals surface area contributed by atoms with E-state index in [1.807, 2.05) is 6.92 Å². The molecule has 0 amide bonds. The molecule has 4 aliphatic rings. The van der Waals surface area contributed by atoms with Crippen LogP contribution in [0.4, 0.5) is 0 Å². The van der Waals surface area contributed by atoms with Crippen LogP contribution in [0.25, 0.3) is 0 Å². The van der Waals surface area contributed by atoms with Crippen molar-refractivity contribution in [3.8, 4) is 0 Å². The molecule has 0 unspecified atom stereocenters. The summed E-state index contributed by atoms with van der Waals surface area (Å²) in [5.41, 5.74) is 0.510. The van der Waals surface area contributed by atoms with E-state index in [0.717, 1.165) is 50.4 Å². The highest BCUT2D eigenvalue weighted by atomic mass is 16.1. The van der Waals surface area contributed by atoms with Crippen molar-refractivity contribution in [1.82, 2.24) is 0 Å². The summed E-state index contributed by atoms with van der Waals surface area (Å²) in [5, 5.41) is 0. The number of ketones is 2. The molecule has 0 radical (unpaired) electrons. The molecule has 0 heterocycles. The molecule has 0 N–H and O–H groups in total. The van der Waals surface area contributed by atoms with E-state index in [9.17, 15) is 14.4 Å². The van der Waals surface area contributed by atoms with Crippen molar-refractivity contribution < 1.29 is 14.4 Å². The highest BCUT2D eigenvalue weighted by Crippen LogP contribution is 2.64. The lowest BCUT2D eigenvalue weighted by Gasteiger charge is -2.56. The summed E-state index contributed by atoms with van der Waals surface area (Å²) in [4.78, 5) is 36.8. The first-order chi connectivity index (χ1) is 10.9. The number of rotatable bonds is 1. The first-order valence-electron chi connectivity index (χ1n) is 9.17. The van der Waals surface area contributed by atoms with Crippen LogP contribution in [0.5, 0.6) is 0 Å². The zero-order valence-corrected chi connectivity index (χ0v) is 14.1. The fraction of sp³-hybridized carbons (Fsp3) is 0.750. The fourth-order valence-electron chi connectivity index (χ4n) is 6.52. The molecule has 0 aromatic carbocycles. The third-order valence-corrected chi connectivity index (χ3v) is 7.81. The minimum atomic E-state index is -0.427. The molecule has 0 bridgehead atoms. The molecule has 0 saturated heterocycles. The van der Waals surface area contributed by atoms with E-state index in [-0.39, 0.29) is 17.1 Å². The number of hydrogen-bond acceptors (Lipinski definition) is 3. The Bertz CT molecular complexity index is 618. The molecule has 3 fully saturated rings. The Morgan fingerprint density at radius 3 is 2.65 bits per heavy atom. The van der Waals surface area contributed by atoms with Crippen molar-refractivity contribution >= 4 is 17.9 Å². The lowest BCUT2D eigenvalue weighted by molar-refractivity contribution is -0.137. The largest absolute Gasteiger partial charge is 0.302 e. The Morgan fingerprint density at radius 1 is 1.13 bits per heavy atom. The van der Waals surface area contributed by atoms with Crippen LogP contribution in [0.3, 0.4) is 0 Å². The molecular formula is C20H26O3.